The molecule has 2 aromatic carbocycles. The van der Waals surface area contributed by atoms with E-state index in [9.17, 15) is 14.9 Å². The number of para-hydroxylation sites is 2. The summed E-state index contributed by atoms with van der Waals surface area (Å²) in [5.41, 5.74) is 2.12. The summed E-state index contributed by atoms with van der Waals surface area (Å²) in [7, 11) is 0. The predicted molar refractivity (Wildman–Crippen MR) is 111 cm³/mol. The van der Waals surface area contributed by atoms with Gasteiger partial charge in [0, 0.05) is 25.2 Å². The molecule has 1 aliphatic rings. The van der Waals surface area contributed by atoms with Crippen LogP contribution in [0.2, 0.25) is 0 Å². The van der Waals surface area contributed by atoms with Gasteiger partial charge in [-0.05, 0) is 43.5 Å². The molecule has 1 amide bonds. The molecular formula is C22H27N3O4. The first-order valence-corrected chi connectivity index (χ1v) is 9.97. The third-order valence-electron chi connectivity index (χ3n) is 5.26. The largest absolute Gasteiger partial charge is 0.477 e. The number of amides is 1. The number of piperidine rings is 1. The van der Waals surface area contributed by atoms with Crippen molar-refractivity contribution < 1.29 is 14.5 Å². The van der Waals surface area contributed by atoms with Crippen molar-refractivity contribution in [2.24, 2.45) is 0 Å². The molecule has 7 nitrogen and oxygen atoms in total. The van der Waals surface area contributed by atoms with Crippen molar-refractivity contribution in [1.29, 1.82) is 0 Å². The number of nitrogens with zero attached hydrogens (tertiary/aromatic N) is 2. The summed E-state index contributed by atoms with van der Waals surface area (Å²) >= 11 is 0. The van der Waals surface area contributed by atoms with Crippen LogP contribution in [0.3, 0.4) is 0 Å². The van der Waals surface area contributed by atoms with E-state index in [0.717, 1.165) is 18.7 Å². The summed E-state index contributed by atoms with van der Waals surface area (Å²) in [5, 5.41) is 13.8. The Labute approximate surface area is 170 Å². The predicted octanol–water partition coefficient (Wildman–Crippen LogP) is 3.66. The molecule has 1 fully saturated rings. The second-order valence-electron chi connectivity index (χ2n) is 7.42. The van der Waals surface area contributed by atoms with Gasteiger partial charge in [-0.2, -0.15) is 0 Å². The van der Waals surface area contributed by atoms with Gasteiger partial charge in [0.1, 0.15) is 0 Å². The second-order valence-corrected chi connectivity index (χ2v) is 7.42. The Bertz CT molecular complexity index is 838. The standard InChI is InChI=1S/C22H27N3O4/c1-17-6-4-5-13-24(17)15-19-11-9-18(10-12-19)14-23-22(26)16-29-21-8-3-2-7-20(21)25(27)28/h2-3,7-12,17H,4-6,13-16H2,1H3,(H,23,26)/t17-/m1/s1. The van der Waals surface area contributed by atoms with E-state index in [0.29, 0.717) is 12.6 Å². The van der Waals surface area contributed by atoms with Crippen molar-refractivity contribution in [2.45, 2.75) is 45.3 Å². The molecule has 1 N–H and O–H groups in total. The molecule has 1 saturated heterocycles. The molecule has 1 heterocycles. The Morgan fingerprint density at radius 1 is 1.17 bits per heavy atom. The molecule has 7 heteroatoms. The third kappa shape index (κ3) is 6.02. The minimum Gasteiger partial charge on any atom is -0.477 e. The van der Waals surface area contributed by atoms with Gasteiger partial charge in [-0.3, -0.25) is 19.8 Å². The van der Waals surface area contributed by atoms with Crippen LogP contribution in [0.5, 0.6) is 5.75 Å². The molecule has 0 aromatic heterocycles. The van der Waals surface area contributed by atoms with E-state index in [1.54, 1.807) is 12.1 Å². The maximum absolute atomic E-state index is 12.0. The molecule has 0 aliphatic carbocycles. The van der Waals surface area contributed by atoms with Gasteiger partial charge in [0.2, 0.25) is 0 Å². The highest BCUT2D eigenvalue weighted by molar-refractivity contribution is 5.77. The highest BCUT2D eigenvalue weighted by Gasteiger charge is 2.18. The molecule has 0 bridgehead atoms. The molecule has 2 aromatic rings. The highest BCUT2D eigenvalue weighted by atomic mass is 16.6. The number of rotatable bonds is 8. The van der Waals surface area contributed by atoms with Gasteiger partial charge in [0.05, 0.1) is 4.92 Å². The van der Waals surface area contributed by atoms with E-state index in [1.165, 1.54) is 37.0 Å². The lowest BCUT2D eigenvalue weighted by molar-refractivity contribution is -0.385. The number of hydrogen-bond acceptors (Lipinski definition) is 5. The van der Waals surface area contributed by atoms with Crippen LogP contribution in [0.4, 0.5) is 5.69 Å². The van der Waals surface area contributed by atoms with Crippen LogP contribution in [-0.4, -0.2) is 34.9 Å². The first-order valence-electron chi connectivity index (χ1n) is 9.97. The number of ether oxygens (including phenoxy) is 1. The smallest absolute Gasteiger partial charge is 0.310 e. The normalized spacial score (nSPS) is 16.9. The van der Waals surface area contributed by atoms with E-state index in [-0.39, 0.29) is 24.0 Å². The highest BCUT2D eigenvalue weighted by Crippen LogP contribution is 2.25. The Morgan fingerprint density at radius 3 is 2.62 bits per heavy atom. The minimum atomic E-state index is -0.528. The van der Waals surface area contributed by atoms with Crippen molar-refractivity contribution >= 4 is 11.6 Å². The number of benzene rings is 2. The van der Waals surface area contributed by atoms with Crippen LogP contribution in [0.25, 0.3) is 0 Å². The number of hydrogen-bond donors (Lipinski definition) is 1. The average Bonchev–Trinajstić information content (AvgIpc) is 2.73. The molecule has 0 saturated carbocycles. The molecule has 1 aliphatic heterocycles. The Morgan fingerprint density at radius 2 is 1.90 bits per heavy atom. The molecule has 154 valence electrons. The summed E-state index contributed by atoms with van der Waals surface area (Å²) in [6.07, 6.45) is 3.85. The van der Waals surface area contributed by atoms with Gasteiger partial charge in [-0.15, -0.1) is 0 Å². The number of nitrogens with one attached hydrogen (secondary N) is 1. The van der Waals surface area contributed by atoms with E-state index in [2.05, 4.69) is 29.3 Å². The van der Waals surface area contributed by atoms with E-state index in [4.69, 9.17) is 4.74 Å². The Balaban J connectivity index is 1.45. The minimum absolute atomic E-state index is 0.0870. The van der Waals surface area contributed by atoms with E-state index < -0.39 is 4.92 Å². The van der Waals surface area contributed by atoms with Crippen LogP contribution in [0, 0.1) is 10.1 Å². The van der Waals surface area contributed by atoms with Crippen LogP contribution in [-0.2, 0) is 17.9 Å². The lowest BCUT2D eigenvalue weighted by Crippen LogP contribution is -2.36. The van der Waals surface area contributed by atoms with Gasteiger partial charge in [0.25, 0.3) is 5.91 Å². The fraction of sp³-hybridized carbons (Fsp3) is 0.409. The Kier molecular flexibility index (Phi) is 7.19. The first-order chi connectivity index (χ1) is 14.0. The molecule has 29 heavy (non-hydrogen) atoms. The van der Waals surface area contributed by atoms with Crippen LogP contribution in [0.15, 0.2) is 48.5 Å². The van der Waals surface area contributed by atoms with Crippen molar-refractivity contribution in [3.05, 3.63) is 69.8 Å². The topological polar surface area (TPSA) is 84.7 Å². The summed E-state index contributed by atoms with van der Waals surface area (Å²) in [4.78, 5) is 25.0. The maximum atomic E-state index is 12.0. The summed E-state index contributed by atoms with van der Waals surface area (Å²) in [6, 6.07) is 14.9. The fourth-order valence-corrected chi connectivity index (χ4v) is 3.51. The zero-order chi connectivity index (χ0) is 20.6. The summed E-state index contributed by atoms with van der Waals surface area (Å²) < 4.78 is 5.30. The molecular weight excluding hydrogens is 370 g/mol. The zero-order valence-electron chi connectivity index (χ0n) is 16.7. The summed E-state index contributed by atoms with van der Waals surface area (Å²) in [6.45, 7) is 4.51. The fourth-order valence-electron chi connectivity index (χ4n) is 3.51. The first kappa shape index (κ1) is 20.8. The Hall–Kier alpha value is -2.93. The summed E-state index contributed by atoms with van der Waals surface area (Å²) in [5.74, 6) is -0.238. The van der Waals surface area contributed by atoms with Gasteiger partial charge in [-0.25, -0.2) is 0 Å². The molecule has 3 rings (SSSR count). The van der Waals surface area contributed by atoms with Gasteiger partial charge in [0.15, 0.2) is 12.4 Å². The number of nitro benzene ring substituents is 1. The number of likely N-dealkylation sites (tertiary alicyclic amines) is 1. The van der Waals surface area contributed by atoms with E-state index in [1.807, 2.05) is 12.1 Å². The quantitative estimate of drug-likeness (QED) is 0.543. The third-order valence-corrected chi connectivity index (χ3v) is 5.26. The lowest BCUT2D eigenvalue weighted by Gasteiger charge is -2.33. The number of carbonyl (C=O) groups excluding carboxylic acids is 1. The molecule has 1 atom stereocenters. The van der Waals surface area contributed by atoms with Crippen LogP contribution >= 0.6 is 0 Å². The van der Waals surface area contributed by atoms with Crippen molar-refractivity contribution in [3.63, 3.8) is 0 Å². The van der Waals surface area contributed by atoms with Crippen molar-refractivity contribution in [3.8, 4) is 5.75 Å². The van der Waals surface area contributed by atoms with Gasteiger partial charge >= 0.3 is 5.69 Å². The van der Waals surface area contributed by atoms with Crippen molar-refractivity contribution in [2.75, 3.05) is 13.2 Å². The van der Waals surface area contributed by atoms with Crippen molar-refractivity contribution in [1.82, 2.24) is 10.2 Å². The average molecular weight is 397 g/mol. The zero-order valence-corrected chi connectivity index (χ0v) is 16.7. The van der Waals surface area contributed by atoms with Crippen LogP contribution in [0.1, 0.15) is 37.3 Å². The van der Waals surface area contributed by atoms with E-state index >= 15 is 0 Å². The van der Waals surface area contributed by atoms with Gasteiger partial charge < -0.3 is 10.1 Å². The molecule has 0 spiro atoms. The number of carbonyl (C=O) groups is 1. The van der Waals surface area contributed by atoms with Gasteiger partial charge in [-0.1, -0.05) is 42.8 Å². The molecule has 0 radical (unpaired) electrons. The SMILES string of the molecule is C[C@@H]1CCCCN1Cc1ccc(CNC(=O)COc2ccccc2[N+](=O)[O-])cc1. The molecule has 0 unspecified atom stereocenters. The number of nitro groups is 1. The maximum Gasteiger partial charge on any atom is 0.310 e. The monoisotopic (exact) mass is 397 g/mol. The second kappa shape index (κ2) is 10.0. The van der Waals surface area contributed by atoms with Crippen LogP contribution < -0.4 is 10.1 Å². The lowest BCUT2D eigenvalue weighted by atomic mass is 10.0.